The van der Waals surface area contributed by atoms with Crippen LogP contribution in [0.5, 0.6) is 0 Å². The summed E-state index contributed by atoms with van der Waals surface area (Å²) in [7, 11) is 1.96. The molecular formula is C12H15NOS. The zero-order chi connectivity index (χ0) is 10.8. The molecule has 0 amide bonds. The Labute approximate surface area is 93.9 Å². The molecule has 1 N–H and O–H groups in total. The van der Waals surface area contributed by atoms with Gasteiger partial charge in [-0.15, -0.1) is 11.3 Å². The summed E-state index contributed by atoms with van der Waals surface area (Å²) in [6.07, 6.45) is 1.72. The first-order valence-corrected chi connectivity index (χ1v) is 5.81. The number of hydrogen-bond donors (Lipinski definition) is 1. The van der Waals surface area contributed by atoms with Gasteiger partial charge in [-0.05, 0) is 44.7 Å². The lowest BCUT2D eigenvalue weighted by atomic mass is 10.1. The van der Waals surface area contributed by atoms with E-state index in [0.29, 0.717) is 0 Å². The topological polar surface area (TPSA) is 25.2 Å². The molecule has 0 bridgehead atoms. The molecule has 0 aliphatic carbocycles. The Balaban J connectivity index is 2.39. The van der Waals surface area contributed by atoms with Gasteiger partial charge in [0, 0.05) is 9.75 Å². The molecule has 0 saturated heterocycles. The van der Waals surface area contributed by atoms with Crippen LogP contribution >= 0.6 is 11.3 Å². The summed E-state index contributed by atoms with van der Waals surface area (Å²) < 4.78 is 5.45. The molecule has 1 atom stereocenters. The van der Waals surface area contributed by atoms with Crippen LogP contribution in [0.3, 0.4) is 0 Å². The first kappa shape index (κ1) is 10.5. The van der Waals surface area contributed by atoms with Crippen molar-refractivity contribution in [2.45, 2.75) is 19.9 Å². The third-order valence-electron chi connectivity index (χ3n) is 2.46. The van der Waals surface area contributed by atoms with Crippen molar-refractivity contribution >= 4 is 11.3 Å². The van der Waals surface area contributed by atoms with E-state index in [1.165, 1.54) is 15.3 Å². The fraction of sp³-hybridized carbons (Fsp3) is 0.333. The van der Waals surface area contributed by atoms with Crippen LogP contribution in [0.4, 0.5) is 0 Å². The number of hydrogen-bond acceptors (Lipinski definition) is 3. The molecule has 80 valence electrons. The van der Waals surface area contributed by atoms with Gasteiger partial charge in [0.2, 0.25) is 0 Å². The number of aryl methyl sites for hydroxylation is 2. The molecular weight excluding hydrogens is 206 g/mol. The van der Waals surface area contributed by atoms with E-state index in [2.05, 4.69) is 25.2 Å². The first-order valence-electron chi connectivity index (χ1n) is 5.00. The minimum absolute atomic E-state index is 0.179. The highest BCUT2D eigenvalue weighted by Gasteiger charge is 2.18. The minimum atomic E-state index is 0.179. The molecule has 2 nitrogen and oxygen atoms in total. The highest BCUT2D eigenvalue weighted by atomic mass is 32.1. The van der Waals surface area contributed by atoms with Gasteiger partial charge < -0.3 is 9.73 Å². The molecule has 15 heavy (non-hydrogen) atoms. The van der Waals surface area contributed by atoms with Gasteiger partial charge >= 0.3 is 0 Å². The van der Waals surface area contributed by atoms with Crippen molar-refractivity contribution in [3.8, 4) is 0 Å². The quantitative estimate of drug-likeness (QED) is 0.860. The van der Waals surface area contributed by atoms with Crippen LogP contribution in [0.2, 0.25) is 0 Å². The second-order valence-corrected chi connectivity index (χ2v) is 4.93. The van der Waals surface area contributed by atoms with Gasteiger partial charge in [0.15, 0.2) is 0 Å². The SMILES string of the molecule is CNC(c1ccco1)c1sc(C)cc1C. The highest BCUT2D eigenvalue weighted by molar-refractivity contribution is 7.12. The zero-order valence-electron chi connectivity index (χ0n) is 9.20. The maximum Gasteiger partial charge on any atom is 0.126 e. The Hall–Kier alpha value is -1.06. The maximum absolute atomic E-state index is 5.45. The Morgan fingerprint density at radius 2 is 2.20 bits per heavy atom. The van der Waals surface area contributed by atoms with Crippen molar-refractivity contribution in [3.63, 3.8) is 0 Å². The summed E-state index contributed by atoms with van der Waals surface area (Å²) in [6, 6.07) is 6.33. The summed E-state index contributed by atoms with van der Waals surface area (Å²) in [6.45, 7) is 4.28. The van der Waals surface area contributed by atoms with Gasteiger partial charge in [-0.25, -0.2) is 0 Å². The fourth-order valence-electron chi connectivity index (χ4n) is 1.80. The lowest BCUT2D eigenvalue weighted by Crippen LogP contribution is -2.16. The van der Waals surface area contributed by atoms with Crippen LogP contribution in [0, 0.1) is 13.8 Å². The highest BCUT2D eigenvalue weighted by Crippen LogP contribution is 2.31. The molecule has 0 aliphatic heterocycles. The van der Waals surface area contributed by atoms with Gasteiger partial charge in [0.25, 0.3) is 0 Å². The van der Waals surface area contributed by atoms with Crippen molar-refractivity contribution in [1.29, 1.82) is 0 Å². The molecule has 0 aliphatic rings. The largest absolute Gasteiger partial charge is 0.467 e. The average molecular weight is 221 g/mol. The third kappa shape index (κ3) is 1.98. The Bertz CT molecular complexity index is 430. The van der Waals surface area contributed by atoms with Crippen LogP contribution in [0.1, 0.15) is 27.1 Å². The monoisotopic (exact) mass is 221 g/mol. The predicted molar refractivity (Wildman–Crippen MR) is 63.4 cm³/mol. The molecule has 3 heteroatoms. The Morgan fingerprint density at radius 1 is 1.40 bits per heavy atom. The summed E-state index contributed by atoms with van der Waals surface area (Å²) in [5.41, 5.74) is 1.33. The van der Waals surface area contributed by atoms with Crippen molar-refractivity contribution in [2.75, 3.05) is 7.05 Å². The molecule has 2 aromatic heterocycles. The Morgan fingerprint density at radius 3 is 2.67 bits per heavy atom. The molecule has 0 spiro atoms. The maximum atomic E-state index is 5.45. The molecule has 0 radical (unpaired) electrons. The van der Waals surface area contributed by atoms with Crippen LogP contribution in [-0.4, -0.2) is 7.05 Å². The third-order valence-corrected chi connectivity index (χ3v) is 3.68. The summed E-state index contributed by atoms with van der Waals surface area (Å²) in [5.74, 6) is 0.974. The van der Waals surface area contributed by atoms with E-state index < -0.39 is 0 Å². The van der Waals surface area contributed by atoms with Crippen molar-refractivity contribution in [1.82, 2.24) is 5.32 Å². The predicted octanol–water partition coefficient (Wildman–Crippen LogP) is 3.27. The lowest BCUT2D eigenvalue weighted by molar-refractivity contribution is 0.465. The standard InChI is InChI=1S/C12H15NOS/c1-8-7-9(2)15-12(8)11(13-3)10-5-4-6-14-10/h4-7,11,13H,1-3H3. The smallest absolute Gasteiger partial charge is 0.126 e. The van der Waals surface area contributed by atoms with Crippen LogP contribution in [0.15, 0.2) is 28.9 Å². The van der Waals surface area contributed by atoms with E-state index in [0.717, 1.165) is 5.76 Å². The number of thiophene rings is 1. The van der Waals surface area contributed by atoms with Crippen LogP contribution in [0.25, 0.3) is 0 Å². The number of furan rings is 1. The Kier molecular flexibility index (Phi) is 2.93. The van der Waals surface area contributed by atoms with Crippen LogP contribution in [-0.2, 0) is 0 Å². The molecule has 0 fully saturated rings. The minimum Gasteiger partial charge on any atom is -0.467 e. The molecule has 0 saturated carbocycles. The van der Waals surface area contributed by atoms with E-state index in [1.54, 1.807) is 6.26 Å². The van der Waals surface area contributed by atoms with E-state index in [9.17, 15) is 0 Å². The normalized spacial score (nSPS) is 13.0. The van der Waals surface area contributed by atoms with E-state index in [1.807, 2.05) is 30.5 Å². The second kappa shape index (κ2) is 4.21. The summed E-state index contributed by atoms with van der Waals surface area (Å²) in [4.78, 5) is 2.68. The van der Waals surface area contributed by atoms with Crippen LogP contribution < -0.4 is 5.32 Å². The fourth-order valence-corrected chi connectivity index (χ4v) is 2.96. The van der Waals surface area contributed by atoms with Gasteiger partial charge in [0.1, 0.15) is 11.8 Å². The van der Waals surface area contributed by atoms with Crippen molar-refractivity contribution in [2.24, 2.45) is 0 Å². The number of nitrogens with one attached hydrogen (secondary N) is 1. The van der Waals surface area contributed by atoms with Crippen molar-refractivity contribution in [3.05, 3.63) is 45.5 Å². The van der Waals surface area contributed by atoms with Crippen molar-refractivity contribution < 1.29 is 4.42 Å². The van der Waals surface area contributed by atoms with E-state index in [-0.39, 0.29) is 6.04 Å². The molecule has 2 heterocycles. The van der Waals surface area contributed by atoms with E-state index in [4.69, 9.17) is 4.42 Å². The van der Waals surface area contributed by atoms with E-state index >= 15 is 0 Å². The molecule has 0 aromatic carbocycles. The zero-order valence-corrected chi connectivity index (χ0v) is 10.0. The molecule has 2 rings (SSSR count). The van der Waals surface area contributed by atoms with Gasteiger partial charge in [0.05, 0.1) is 6.26 Å². The van der Waals surface area contributed by atoms with Gasteiger partial charge in [-0.1, -0.05) is 0 Å². The average Bonchev–Trinajstić information content (AvgIpc) is 2.79. The molecule has 1 unspecified atom stereocenters. The first-order chi connectivity index (χ1) is 7.22. The number of rotatable bonds is 3. The second-order valence-electron chi connectivity index (χ2n) is 3.64. The molecule has 2 aromatic rings. The lowest BCUT2D eigenvalue weighted by Gasteiger charge is -2.12. The summed E-state index contributed by atoms with van der Waals surface area (Å²) in [5, 5.41) is 3.29. The summed E-state index contributed by atoms with van der Waals surface area (Å²) >= 11 is 1.82. The van der Waals surface area contributed by atoms with Gasteiger partial charge in [-0.3, -0.25) is 0 Å². The van der Waals surface area contributed by atoms with Gasteiger partial charge in [-0.2, -0.15) is 0 Å².